The van der Waals surface area contributed by atoms with Gasteiger partial charge in [0.15, 0.2) is 5.13 Å². The maximum Gasteiger partial charge on any atom is 0.245 e. The summed E-state index contributed by atoms with van der Waals surface area (Å²) in [7, 11) is -3.99. The Balaban J connectivity index is 1.39. The molecule has 4 aromatic rings. The maximum absolute atomic E-state index is 14.2. The maximum atomic E-state index is 14.2. The van der Waals surface area contributed by atoms with Crippen LogP contribution in [0.2, 0.25) is 5.02 Å². The minimum absolute atomic E-state index is 0.121. The van der Waals surface area contributed by atoms with Crippen molar-refractivity contribution in [3.05, 3.63) is 77.0 Å². The van der Waals surface area contributed by atoms with Gasteiger partial charge in [0.05, 0.1) is 23.0 Å². The molecule has 0 radical (unpaired) electrons. The summed E-state index contributed by atoms with van der Waals surface area (Å²) in [4.78, 5) is 19.7. The van der Waals surface area contributed by atoms with Crippen molar-refractivity contribution in [1.82, 2.24) is 9.29 Å². The van der Waals surface area contributed by atoms with E-state index in [9.17, 15) is 17.6 Å². The SMILES string of the molecule is Cc1cc(Cl)cc2sc(N(Cc3ccco3)C(=O)C3CCN(S(=O)(=O)c4ccccc4F)CC3)nc12. The van der Waals surface area contributed by atoms with Crippen molar-refractivity contribution in [2.75, 3.05) is 18.0 Å². The number of amides is 1. The van der Waals surface area contributed by atoms with Crippen LogP contribution in [0.3, 0.4) is 0 Å². The monoisotopic (exact) mass is 547 g/mol. The Labute approximate surface area is 217 Å². The highest BCUT2D eigenvalue weighted by molar-refractivity contribution is 7.89. The van der Waals surface area contributed by atoms with Gasteiger partial charge in [-0.1, -0.05) is 35.1 Å². The molecule has 1 fully saturated rings. The van der Waals surface area contributed by atoms with Crippen molar-refractivity contribution < 1.29 is 22.0 Å². The number of thiazole rings is 1. The zero-order valence-electron chi connectivity index (χ0n) is 19.4. The van der Waals surface area contributed by atoms with E-state index in [0.717, 1.165) is 21.8 Å². The molecule has 0 unspecified atom stereocenters. The van der Waals surface area contributed by atoms with E-state index in [1.54, 1.807) is 23.3 Å². The molecule has 3 heterocycles. The highest BCUT2D eigenvalue weighted by Gasteiger charge is 2.36. The standard InChI is InChI=1S/C25H23ClFN3O4S2/c1-16-13-18(26)14-21-23(16)28-25(35-21)30(15-19-5-4-12-34-19)24(31)17-8-10-29(11-9-17)36(32,33)22-7-3-2-6-20(22)27/h2-7,12-14,17H,8-11,15H2,1H3. The van der Waals surface area contributed by atoms with Crippen molar-refractivity contribution in [1.29, 1.82) is 0 Å². The third kappa shape index (κ3) is 4.78. The van der Waals surface area contributed by atoms with Gasteiger partial charge < -0.3 is 4.42 Å². The van der Waals surface area contributed by atoms with Crippen molar-refractivity contribution in [2.24, 2.45) is 5.92 Å². The molecule has 1 aliphatic heterocycles. The second-order valence-corrected chi connectivity index (χ2v) is 12.0. The molecule has 1 saturated heterocycles. The lowest BCUT2D eigenvalue weighted by molar-refractivity contribution is -0.123. The number of hydrogen-bond acceptors (Lipinski definition) is 6. The Bertz CT molecular complexity index is 1510. The number of benzene rings is 2. The van der Waals surface area contributed by atoms with Crippen LogP contribution in [0.25, 0.3) is 10.2 Å². The highest BCUT2D eigenvalue weighted by Crippen LogP contribution is 2.35. The first-order valence-electron chi connectivity index (χ1n) is 11.4. The van der Waals surface area contributed by atoms with E-state index in [1.807, 2.05) is 19.1 Å². The molecule has 0 atom stereocenters. The number of aryl methyl sites for hydroxylation is 1. The lowest BCUT2D eigenvalue weighted by atomic mass is 9.96. The summed E-state index contributed by atoms with van der Waals surface area (Å²) in [6, 6.07) is 12.5. The van der Waals surface area contributed by atoms with Gasteiger partial charge in [-0.05, 0) is 61.7 Å². The zero-order chi connectivity index (χ0) is 25.4. The number of fused-ring (bicyclic) bond motifs is 1. The van der Waals surface area contributed by atoms with Crippen LogP contribution in [0.1, 0.15) is 24.2 Å². The van der Waals surface area contributed by atoms with Gasteiger partial charge in [0.25, 0.3) is 0 Å². The largest absolute Gasteiger partial charge is 0.467 e. The highest BCUT2D eigenvalue weighted by atomic mass is 35.5. The Morgan fingerprint density at radius 3 is 2.67 bits per heavy atom. The fourth-order valence-electron chi connectivity index (χ4n) is 4.41. The first-order valence-corrected chi connectivity index (χ1v) is 14.0. The number of sulfonamides is 1. The van der Waals surface area contributed by atoms with E-state index >= 15 is 0 Å². The van der Waals surface area contributed by atoms with Crippen LogP contribution in [0.15, 0.2) is 64.1 Å². The van der Waals surface area contributed by atoms with Gasteiger partial charge in [0, 0.05) is 24.0 Å². The first-order chi connectivity index (χ1) is 17.2. The van der Waals surface area contributed by atoms with Crippen LogP contribution in [0, 0.1) is 18.7 Å². The molecule has 0 bridgehead atoms. The zero-order valence-corrected chi connectivity index (χ0v) is 21.7. The molecule has 1 amide bonds. The van der Waals surface area contributed by atoms with Crippen molar-refractivity contribution in [3.63, 3.8) is 0 Å². The predicted molar refractivity (Wildman–Crippen MR) is 137 cm³/mol. The van der Waals surface area contributed by atoms with Crippen molar-refractivity contribution >= 4 is 54.2 Å². The number of halogens is 2. The molecule has 0 saturated carbocycles. The average Bonchev–Trinajstić information content (AvgIpc) is 3.52. The van der Waals surface area contributed by atoms with Crippen LogP contribution >= 0.6 is 22.9 Å². The Hall–Kier alpha value is -2.79. The summed E-state index contributed by atoms with van der Waals surface area (Å²) in [6.07, 6.45) is 2.18. The minimum atomic E-state index is -3.99. The number of aromatic nitrogens is 1. The number of furan rings is 1. The fourth-order valence-corrected chi connectivity index (χ4v) is 7.37. The summed E-state index contributed by atoms with van der Waals surface area (Å²) < 4.78 is 47.7. The summed E-state index contributed by atoms with van der Waals surface area (Å²) in [5.74, 6) is -0.746. The molecule has 188 valence electrons. The smallest absolute Gasteiger partial charge is 0.245 e. The third-order valence-electron chi connectivity index (χ3n) is 6.29. The Kier molecular flexibility index (Phi) is 6.86. The van der Waals surface area contributed by atoms with Gasteiger partial charge >= 0.3 is 0 Å². The van der Waals surface area contributed by atoms with Gasteiger partial charge in [-0.2, -0.15) is 4.31 Å². The first kappa shape index (κ1) is 24.9. The van der Waals surface area contributed by atoms with Crippen LogP contribution in [-0.4, -0.2) is 36.7 Å². The van der Waals surface area contributed by atoms with Gasteiger partial charge in [-0.25, -0.2) is 17.8 Å². The lowest BCUT2D eigenvalue weighted by Gasteiger charge is -2.32. The minimum Gasteiger partial charge on any atom is -0.467 e. The number of carbonyl (C=O) groups is 1. The van der Waals surface area contributed by atoms with Crippen molar-refractivity contribution in [3.8, 4) is 0 Å². The second-order valence-electron chi connectivity index (χ2n) is 8.68. The van der Waals surface area contributed by atoms with E-state index in [-0.39, 0.29) is 30.4 Å². The number of anilines is 1. The molecule has 1 aliphatic rings. The normalized spacial score (nSPS) is 15.4. The molecule has 7 nitrogen and oxygen atoms in total. The quantitative estimate of drug-likeness (QED) is 0.313. The van der Waals surface area contributed by atoms with Crippen molar-refractivity contribution in [2.45, 2.75) is 31.2 Å². The summed E-state index contributed by atoms with van der Waals surface area (Å²) in [5.41, 5.74) is 1.69. The molecule has 11 heteroatoms. The molecular formula is C25H23ClFN3O4S2. The molecular weight excluding hydrogens is 525 g/mol. The number of hydrogen-bond donors (Lipinski definition) is 0. The average molecular weight is 548 g/mol. The summed E-state index contributed by atoms with van der Waals surface area (Å²) in [5, 5.41) is 1.13. The molecule has 0 aliphatic carbocycles. The molecule has 0 spiro atoms. The molecule has 36 heavy (non-hydrogen) atoms. The van der Waals surface area contributed by atoms with E-state index < -0.39 is 21.8 Å². The number of nitrogens with zero attached hydrogens (tertiary/aromatic N) is 3. The van der Waals surface area contributed by atoms with Crippen LogP contribution in [0.4, 0.5) is 9.52 Å². The molecule has 5 rings (SSSR count). The number of piperidine rings is 1. The molecule has 2 aromatic carbocycles. The molecule has 2 aromatic heterocycles. The predicted octanol–water partition coefficient (Wildman–Crippen LogP) is 5.62. The lowest BCUT2D eigenvalue weighted by Crippen LogP contribution is -2.44. The summed E-state index contributed by atoms with van der Waals surface area (Å²) >= 11 is 7.59. The third-order valence-corrected chi connectivity index (χ3v) is 9.46. The Morgan fingerprint density at radius 2 is 1.97 bits per heavy atom. The summed E-state index contributed by atoms with van der Waals surface area (Å²) in [6.45, 7) is 2.36. The van der Waals surface area contributed by atoms with Gasteiger partial charge in [0.2, 0.25) is 15.9 Å². The van der Waals surface area contributed by atoms with Gasteiger partial charge in [0.1, 0.15) is 16.5 Å². The Morgan fingerprint density at radius 1 is 1.22 bits per heavy atom. The van der Waals surface area contributed by atoms with Gasteiger partial charge in [-0.15, -0.1) is 0 Å². The van der Waals surface area contributed by atoms with E-state index in [0.29, 0.717) is 28.8 Å². The topological polar surface area (TPSA) is 83.7 Å². The molecule has 0 N–H and O–H groups in total. The van der Waals surface area contributed by atoms with Crippen LogP contribution in [0.5, 0.6) is 0 Å². The number of rotatable bonds is 6. The van der Waals surface area contributed by atoms with E-state index in [4.69, 9.17) is 21.0 Å². The van der Waals surface area contributed by atoms with E-state index in [2.05, 4.69) is 0 Å². The van der Waals surface area contributed by atoms with Crippen LogP contribution in [-0.2, 0) is 21.4 Å². The van der Waals surface area contributed by atoms with Gasteiger partial charge in [-0.3, -0.25) is 9.69 Å². The second kappa shape index (κ2) is 9.93. The van der Waals surface area contributed by atoms with E-state index in [1.165, 1.54) is 33.8 Å². The fraction of sp³-hybridized carbons (Fsp3) is 0.280. The number of carbonyl (C=O) groups excluding carboxylic acids is 1. The van der Waals surface area contributed by atoms with Crippen LogP contribution < -0.4 is 4.90 Å².